The summed E-state index contributed by atoms with van der Waals surface area (Å²) in [5.41, 5.74) is 4.65. The van der Waals surface area contributed by atoms with E-state index >= 15 is 0 Å². The lowest BCUT2D eigenvalue weighted by Gasteiger charge is -2.38. The highest BCUT2D eigenvalue weighted by Crippen LogP contribution is 2.62. The Balaban J connectivity index is 1.09. The van der Waals surface area contributed by atoms with Crippen LogP contribution in [0.4, 0.5) is 0 Å². The van der Waals surface area contributed by atoms with Gasteiger partial charge in [0, 0.05) is 6.54 Å². The first kappa shape index (κ1) is 25.8. The number of carbonyl (C=O) groups is 1. The monoisotopic (exact) mass is 547 g/mol. The number of hydrogen-bond donors (Lipinski definition) is 1. The standard InChI is InChI=1S/C34H38BN3O3/c35-25-5-4-6-27-28(25)29(39)36-30-34(11-2-1-3-12-34)24-19-23(7-8-26(24)38(27)30)22-9-17-37(18-10-22)21-32-13-15-33(20-32,16-14-32)31(40)41/h4-8,19,22H,1-3,9-18,20-21H2,(H,40,41). The number of nitrogens with zero attached hydrogens (tertiary/aromatic N) is 3. The van der Waals surface area contributed by atoms with Crippen molar-refractivity contribution in [2.75, 3.05) is 19.6 Å². The predicted molar refractivity (Wildman–Crippen MR) is 161 cm³/mol. The molecule has 2 radical (unpaired) electrons. The van der Waals surface area contributed by atoms with Crippen molar-refractivity contribution in [3.63, 3.8) is 0 Å². The molecule has 1 N–H and O–H groups in total. The van der Waals surface area contributed by atoms with Gasteiger partial charge in [-0.2, -0.15) is 4.98 Å². The molecule has 0 amide bonds. The molecule has 0 atom stereocenters. The number of carboxylic acid groups (broad SMARTS) is 1. The van der Waals surface area contributed by atoms with Gasteiger partial charge in [0.1, 0.15) is 13.7 Å². The largest absolute Gasteiger partial charge is 0.481 e. The highest BCUT2D eigenvalue weighted by molar-refractivity contribution is 6.38. The van der Waals surface area contributed by atoms with Crippen LogP contribution in [0.25, 0.3) is 16.6 Å². The van der Waals surface area contributed by atoms with Gasteiger partial charge in [-0.1, -0.05) is 49.0 Å². The summed E-state index contributed by atoms with van der Waals surface area (Å²) in [6, 6.07) is 12.8. The zero-order chi connectivity index (χ0) is 28.0. The number of aromatic nitrogens is 2. The molecule has 6 nitrogen and oxygen atoms in total. The Hall–Kier alpha value is -2.93. The maximum Gasteiger partial charge on any atom is 0.309 e. The van der Waals surface area contributed by atoms with Gasteiger partial charge in [0.15, 0.2) is 0 Å². The Kier molecular flexibility index (Phi) is 5.68. The molecule has 8 rings (SSSR count). The molecular weight excluding hydrogens is 509 g/mol. The number of aliphatic carboxylic acids is 1. The molecule has 1 saturated heterocycles. The highest BCUT2D eigenvalue weighted by Gasteiger charge is 2.58. The molecule has 3 aromatic rings. The van der Waals surface area contributed by atoms with Gasteiger partial charge in [-0.3, -0.25) is 14.2 Å². The Labute approximate surface area is 242 Å². The number of likely N-dealkylation sites (tertiary alicyclic amines) is 1. The first-order valence-corrected chi connectivity index (χ1v) is 15.8. The predicted octanol–water partition coefficient (Wildman–Crippen LogP) is 4.96. The van der Waals surface area contributed by atoms with Crippen molar-refractivity contribution < 1.29 is 9.90 Å². The lowest BCUT2D eigenvalue weighted by molar-refractivity contribution is -0.148. The van der Waals surface area contributed by atoms with E-state index in [4.69, 9.17) is 12.8 Å². The van der Waals surface area contributed by atoms with Crippen LogP contribution in [0.3, 0.4) is 0 Å². The molecule has 2 aliphatic heterocycles. The normalized spacial score (nSPS) is 28.8. The van der Waals surface area contributed by atoms with E-state index in [2.05, 4.69) is 27.7 Å². The Morgan fingerprint density at radius 1 is 1.00 bits per heavy atom. The van der Waals surface area contributed by atoms with Gasteiger partial charge < -0.3 is 10.0 Å². The van der Waals surface area contributed by atoms with Crippen molar-refractivity contribution in [3.05, 3.63) is 63.7 Å². The molecule has 4 fully saturated rings. The molecule has 7 heteroatoms. The molecule has 210 valence electrons. The van der Waals surface area contributed by atoms with Crippen molar-refractivity contribution in [3.8, 4) is 5.69 Å². The zero-order valence-electron chi connectivity index (χ0n) is 23.8. The number of carboxylic acids is 1. The average Bonchev–Trinajstić information content (AvgIpc) is 3.62. The molecule has 2 bridgehead atoms. The molecule has 1 spiro atoms. The first-order chi connectivity index (χ1) is 19.8. The summed E-state index contributed by atoms with van der Waals surface area (Å²) in [4.78, 5) is 32.6. The van der Waals surface area contributed by atoms with Crippen molar-refractivity contribution in [2.45, 2.75) is 88.4 Å². The van der Waals surface area contributed by atoms with Gasteiger partial charge in [0.2, 0.25) is 0 Å². The van der Waals surface area contributed by atoms with Crippen LogP contribution >= 0.6 is 0 Å². The Bertz CT molecular complexity index is 1620. The topological polar surface area (TPSA) is 75.4 Å². The summed E-state index contributed by atoms with van der Waals surface area (Å²) in [5.74, 6) is 0.859. The van der Waals surface area contributed by atoms with Gasteiger partial charge in [-0.25, -0.2) is 0 Å². The lowest BCUT2D eigenvalue weighted by atomic mass is 9.69. The molecule has 3 aliphatic carbocycles. The third kappa shape index (κ3) is 3.70. The average molecular weight is 548 g/mol. The SMILES string of the molecule is [B]c1cccc2c1c(=O)nc1n2-c2ccc(C3CCN(CC45CCC(C(=O)O)(CC4)C5)CC3)cc2C12CCCCC2. The summed E-state index contributed by atoms with van der Waals surface area (Å²) >= 11 is 0. The van der Waals surface area contributed by atoms with Crippen LogP contribution in [-0.4, -0.2) is 53.0 Å². The van der Waals surface area contributed by atoms with Crippen molar-refractivity contribution in [1.29, 1.82) is 0 Å². The van der Waals surface area contributed by atoms with Crippen LogP contribution in [0, 0.1) is 10.8 Å². The third-order valence-corrected chi connectivity index (χ3v) is 11.9. The van der Waals surface area contributed by atoms with Crippen molar-refractivity contribution in [1.82, 2.24) is 14.5 Å². The summed E-state index contributed by atoms with van der Waals surface area (Å²) in [6.45, 7) is 3.22. The molecule has 1 aromatic heterocycles. The van der Waals surface area contributed by atoms with E-state index in [1.54, 1.807) is 6.07 Å². The molecule has 2 aromatic carbocycles. The zero-order valence-corrected chi connectivity index (χ0v) is 23.8. The maximum atomic E-state index is 13.3. The molecule has 41 heavy (non-hydrogen) atoms. The summed E-state index contributed by atoms with van der Waals surface area (Å²) in [7, 11) is 6.28. The van der Waals surface area contributed by atoms with Crippen LogP contribution in [0.15, 0.2) is 41.2 Å². The van der Waals surface area contributed by atoms with E-state index in [-0.39, 0.29) is 16.4 Å². The van der Waals surface area contributed by atoms with Gasteiger partial charge in [-0.15, -0.1) is 0 Å². The van der Waals surface area contributed by atoms with Gasteiger partial charge in [0.05, 0.1) is 27.4 Å². The number of benzene rings is 2. The highest BCUT2D eigenvalue weighted by atomic mass is 16.4. The van der Waals surface area contributed by atoms with Gasteiger partial charge >= 0.3 is 5.97 Å². The number of piperidine rings is 1. The van der Waals surface area contributed by atoms with Crippen LogP contribution in [-0.2, 0) is 10.2 Å². The van der Waals surface area contributed by atoms with E-state index in [1.165, 1.54) is 17.5 Å². The number of hydrogen-bond acceptors (Lipinski definition) is 4. The van der Waals surface area contributed by atoms with E-state index in [9.17, 15) is 14.7 Å². The van der Waals surface area contributed by atoms with E-state index in [0.29, 0.717) is 16.8 Å². The molecular formula is C34H38BN3O3. The minimum atomic E-state index is -0.568. The molecule has 5 aliphatic rings. The Morgan fingerprint density at radius 3 is 2.46 bits per heavy atom. The number of fused-ring (bicyclic) bond motifs is 9. The van der Waals surface area contributed by atoms with E-state index in [0.717, 1.165) is 107 Å². The smallest absolute Gasteiger partial charge is 0.309 e. The second kappa shape index (κ2) is 9.04. The maximum absolute atomic E-state index is 13.3. The van der Waals surface area contributed by atoms with Gasteiger partial charge in [-0.05, 0) is 105 Å². The van der Waals surface area contributed by atoms with Crippen molar-refractivity contribution in [2.24, 2.45) is 10.8 Å². The lowest BCUT2D eigenvalue weighted by Crippen LogP contribution is -2.40. The first-order valence-electron chi connectivity index (χ1n) is 15.8. The molecule has 3 saturated carbocycles. The van der Waals surface area contributed by atoms with E-state index < -0.39 is 11.4 Å². The fraction of sp³-hybridized carbons (Fsp3) is 0.559. The second-order valence-corrected chi connectivity index (χ2v) is 14.0. The van der Waals surface area contributed by atoms with Crippen LogP contribution in [0.1, 0.15) is 99.9 Å². The van der Waals surface area contributed by atoms with Crippen LogP contribution < -0.4 is 11.0 Å². The fourth-order valence-electron chi connectivity index (χ4n) is 9.75. The van der Waals surface area contributed by atoms with Gasteiger partial charge in [0.25, 0.3) is 5.56 Å². The van der Waals surface area contributed by atoms with Crippen molar-refractivity contribution >= 4 is 30.2 Å². The Morgan fingerprint density at radius 2 is 1.76 bits per heavy atom. The quantitative estimate of drug-likeness (QED) is 0.468. The summed E-state index contributed by atoms with van der Waals surface area (Å²) in [6.07, 6.45) is 12.6. The molecule has 0 unspecified atom stereocenters. The fourth-order valence-corrected chi connectivity index (χ4v) is 9.75. The minimum Gasteiger partial charge on any atom is -0.481 e. The van der Waals surface area contributed by atoms with Crippen LogP contribution in [0.2, 0.25) is 0 Å². The summed E-state index contributed by atoms with van der Waals surface area (Å²) < 4.78 is 2.24. The number of rotatable bonds is 4. The van der Waals surface area contributed by atoms with E-state index in [1.807, 2.05) is 12.1 Å². The minimum absolute atomic E-state index is 0.205. The van der Waals surface area contributed by atoms with Crippen LogP contribution in [0.5, 0.6) is 0 Å². The molecule has 3 heterocycles. The third-order valence-electron chi connectivity index (χ3n) is 11.9. The summed E-state index contributed by atoms with van der Waals surface area (Å²) in [5, 5.41) is 10.3. The second-order valence-electron chi connectivity index (χ2n) is 14.0.